The Morgan fingerprint density at radius 3 is 1.98 bits per heavy atom. The Bertz CT molecular complexity index is 3240. The van der Waals surface area contributed by atoms with Crippen molar-refractivity contribution in [1.82, 2.24) is 29.7 Å². The van der Waals surface area contributed by atoms with Crippen molar-refractivity contribution < 1.29 is 75.4 Å². The number of fused-ring (bicyclic) bond motifs is 2. The Balaban J connectivity index is 0.724. The van der Waals surface area contributed by atoms with Crippen molar-refractivity contribution in [3.8, 4) is 11.8 Å². The van der Waals surface area contributed by atoms with Gasteiger partial charge in [-0.15, -0.1) is 0 Å². The number of carbonyl (C=O) groups is 3. The van der Waals surface area contributed by atoms with E-state index in [0.717, 1.165) is 25.8 Å². The number of amides is 3. The molecule has 2 aromatic carbocycles. The van der Waals surface area contributed by atoms with Crippen LogP contribution in [0.5, 0.6) is 0 Å². The second-order valence-electron chi connectivity index (χ2n) is 19.3. The van der Waals surface area contributed by atoms with Gasteiger partial charge < -0.3 is 49.4 Å². The summed E-state index contributed by atoms with van der Waals surface area (Å²) in [7, 11) is -9.80. The molecule has 3 aliphatic heterocycles. The number of phosphoric acid groups is 2. The first-order valence-corrected chi connectivity index (χ1v) is 29.3. The van der Waals surface area contributed by atoms with Crippen LogP contribution in [0.4, 0.5) is 5.69 Å². The standard InChI is InChI=1S/C52H67N7O20P2/c1-34-29-58(51(66)55-49(34)64)47-27-40(60)42(77-47)32-76-81(70,71)79-41-28-48(59-30-35(2)50(65)56-52(59)67)78-43(41)33-75-80(68,69)74-22-10-4-3-9-20-53-45(62)19-23-72-25-26-73-24-21-54-44(61)17-18-46(63)57-31-38-13-6-5-11-36(38)15-16-37-12-7-8-14-39(37)57/h5-8,11-14,29-30,40-43,47-48,60H,3-4,9-10,17-28,31-33H2,1-2H3,(H,53,62)(H,54,61)(H,68,69)(H,70,71)(H,55,64,66)(H,56,65,67)/t40?,41?,42-,43-,47-,48-/m1/s1. The number of aromatic nitrogens is 4. The zero-order valence-corrected chi connectivity index (χ0v) is 46.5. The molecule has 2 aromatic heterocycles. The highest BCUT2D eigenvalue weighted by atomic mass is 31.2. The van der Waals surface area contributed by atoms with Gasteiger partial charge in [-0.05, 0) is 50.5 Å². The number of anilines is 1. The molecule has 0 saturated carbocycles. The van der Waals surface area contributed by atoms with E-state index in [1.165, 1.54) is 26.2 Å². The molecular weight excluding hydrogens is 1100 g/mol. The fourth-order valence-electron chi connectivity index (χ4n) is 8.82. The van der Waals surface area contributed by atoms with Gasteiger partial charge in [0.05, 0.1) is 64.6 Å². The average molecular weight is 1170 g/mol. The van der Waals surface area contributed by atoms with Crippen LogP contribution in [-0.4, -0.2) is 135 Å². The number of benzene rings is 2. The quantitative estimate of drug-likeness (QED) is 0.0224. The molecule has 7 N–H and O–H groups in total. The van der Waals surface area contributed by atoms with Gasteiger partial charge >= 0.3 is 27.0 Å². The number of nitrogens with zero attached hydrogens (tertiary/aromatic N) is 3. The van der Waals surface area contributed by atoms with Crippen LogP contribution in [0.1, 0.15) is 98.1 Å². The number of ether oxygens (including phenoxy) is 4. The number of aliphatic hydroxyl groups is 1. The van der Waals surface area contributed by atoms with Gasteiger partial charge in [-0.2, -0.15) is 0 Å². The number of phosphoric ester groups is 2. The highest BCUT2D eigenvalue weighted by Crippen LogP contribution is 2.50. The van der Waals surface area contributed by atoms with Crippen LogP contribution in [0, 0.1) is 25.7 Å². The van der Waals surface area contributed by atoms with Gasteiger partial charge in [0, 0.05) is 79.8 Å². The molecule has 4 unspecified atom stereocenters. The maximum absolute atomic E-state index is 13.4. The highest BCUT2D eigenvalue weighted by Gasteiger charge is 2.45. The monoisotopic (exact) mass is 1170 g/mol. The Labute approximate surface area is 464 Å². The minimum absolute atomic E-state index is 0.0124. The lowest BCUT2D eigenvalue weighted by Crippen LogP contribution is -2.34. The van der Waals surface area contributed by atoms with Crippen LogP contribution in [0.25, 0.3) is 0 Å². The second kappa shape index (κ2) is 29.7. The summed E-state index contributed by atoms with van der Waals surface area (Å²) in [6.07, 6.45) is -3.20. The number of hydrogen-bond donors (Lipinski definition) is 7. The third-order valence-electron chi connectivity index (χ3n) is 13.2. The minimum atomic E-state index is -5.06. The van der Waals surface area contributed by atoms with Crippen molar-refractivity contribution in [2.75, 3.05) is 64.2 Å². The summed E-state index contributed by atoms with van der Waals surface area (Å²) in [6, 6.07) is 15.1. The summed E-state index contributed by atoms with van der Waals surface area (Å²) in [5.74, 6) is 5.68. The number of carbonyl (C=O) groups excluding carboxylic acids is 3. The van der Waals surface area contributed by atoms with E-state index in [2.05, 4.69) is 32.4 Å². The molecule has 0 radical (unpaired) electrons. The van der Waals surface area contributed by atoms with Crippen molar-refractivity contribution in [1.29, 1.82) is 0 Å². The molecule has 5 heterocycles. The van der Waals surface area contributed by atoms with Gasteiger partial charge in [0.1, 0.15) is 30.8 Å². The maximum atomic E-state index is 13.4. The fourth-order valence-corrected chi connectivity index (χ4v) is 10.5. The summed E-state index contributed by atoms with van der Waals surface area (Å²) in [5, 5.41) is 16.2. The molecule has 4 aromatic rings. The Morgan fingerprint density at radius 1 is 0.667 bits per heavy atom. The van der Waals surface area contributed by atoms with E-state index in [1.807, 2.05) is 48.5 Å². The van der Waals surface area contributed by atoms with E-state index >= 15 is 0 Å². The highest BCUT2D eigenvalue weighted by molar-refractivity contribution is 7.47. The van der Waals surface area contributed by atoms with Gasteiger partial charge in [0.25, 0.3) is 11.1 Å². The van der Waals surface area contributed by atoms with Gasteiger partial charge in [0.2, 0.25) is 17.7 Å². The van der Waals surface area contributed by atoms with Crippen molar-refractivity contribution in [3.05, 3.63) is 130 Å². The predicted molar refractivity (Wildman–Crippen MR) is 288 cm³/mol. The molecule has 0 aliphatic carbocycles. The predicted octanol–water partition coefficient (Wildman–Crippen LogP) is 2.22. The van der Waals surface area contributed by atoms with Crippen molar-refractivity contribution in [3.63, 3.8) is 0 Å². The summed E-state index contributed by atoms with van der Waals surface area (Å²) in [6.45, 7) is 3.14. The molecule has 0 spiro atoms. The number of aromatic amines is 2. The topological polar surface area (TPSA) is 357 Å². The molecule has 3 amide bonds. The van der Waals surface area contributed by atoms with Gasteiger partial charge in [-0.1, -0.05) is 55.0 Å². The lowest BCUT2D eigenvalue weighted by atomic mass is 10.0. The van der Waals surface area contributed by atoms with E-state index in [1.54, 1.807) is 4.90 Å². The van der Waals surface area contributed by atoms with E-state index in [0.29, 0.717) is 44.5 Å². The number of unbranched alkanes of at least 4 members (excludes halogenated alkanes) is 3. The molecule has 8 atom stereocenters. The normalized spacial score (nSPS) is 20.9. The molecule has 0 bridgehead atoms. The molecule has 29 heteroatoms. The Kier molecular flexibility index (Phi) is 22.9. The molecule has 2 fully saturated rings. The van der Waals surface area contributed by atoms with Crippen LogP contribution in [0.15, 0.2) is 80.1 Å². The first-order valence-electron chi connectivity index (χ1n) is 26.3. The first-order chi connectivity index (χ1) is 38.8. The third kappa shape index (κ3) is 18.7. The van der Waals surface area contributed by atoms with Crippen molar-refractivity contribution in [2.45, 2.75) is 115 Å². The van der Waals surface area contributed by atoms with Crippen molar-refractivity contribution >= 4 is 39.1 Å². The average Bonchev–Trinajstić information content (AvgIpc) is 4.01. The van der Waals surface area contributed by atoms with E-state index < -0.39 is 88.2 Å². The third-order valence-corrected chi connectivity index (χ3v) is 15.2. The SMILES string of the molecule is Cc1cn([C@H]2CC(O)[C@@H](COP(=O)(O)OC3C[C@H](n4cc(C)c(=O)[nH]c4=O)O[C@@H]3COP(=O)(O)OCCCCCCNC(=O)CCOCCOCCNC(=O)CCC(=O)N3Cc4ccccc4C#Cc4ccccc43)O2)c(=O)[nH]c1=O. The Hall–Kier alpha value is -6.21. The van der Waals surface area contributed by atoms with Gasteiger partial charge in [-0.3, -0.25) is 61.2 Å². The fraction of sp³-hybridized carbons (Fsp3) is 0.519. The second-order valence-corrected chi connectivity index (χ2v) is 22.1. The number of nitrogens with one attached hydrogen (secondary N) is 4. The summed E-state index contributed by atoms with van der Waals surface area (Å²) in [5.41, 5.74) is 0.621. The molecule has 3 aliphatic rings. The number of para-hydroxylation sites is 1. The lowest BCUT2D eigenvalue weighted by Gasteiger charge is -2.26. The number of rotatable bonds is 30. The molecule has 27 nitrogen and oxygen atoms in total. The number of aliphatic hydroxyl groups excluding tert-OH is 1. The Morgan fingerprint density at radius 2 is 1.25 bits per heavy atom. The van der Waals surface area contributed by atoms with Gasteiger partial charge in [-0.25, -0.2) is 18.7 Å². The van der Waals surface area contributed by atoms with Crippen LogP contribution in [0.3, 0.4) is 0 Å². The van der Waals surface area contributed by atoms with Gasteiger partial charge in [0.15, 0.2) is 0 Å². The van der Waals surface area contributed by atoms with Crippen LogP contribution < -0.4 is 38.0 Å². The minimum Gasteiger partial charge on any atom is -0.390 e. The van der Waals surface area contributed by atoms with E-state index in [9.17, 15) is 57.6 Å². The van der Waals surface area contributed by atoms with Crippen LogP contribution >= 0.6 is 15.6 Å². The van der Waals surface area contributed by atoms with Crippen LogP contribution in [-0.2, 0) is 67.1 Å². The largest absolute Gasteiger partial charge is 0.472 e. The molecular formula is C52H67N7O20P2. The maximum Gasteiger partial charge on any atom is 0.472 e. The molecule has 81 heavy (non-hydrogen) atoms. The van der Waals surface area contributed by atoms with E-state index in [4.69, 9.17) is 37.0 Å². The van der Waals surface area contributed by atoms with Crippen molar-refractivity contribution in [2.24, 2.45) is 0 Å². The number of hydrogen-bond acceptors (Lipinski definition) is 18. The van der Waals surface area contributed by atoms with Crippen LogP contribution in [0.2, 0.25) is 0 Å². The lowest BCUT2D eigenvalue weighted by molar-refractivity contribution is -0.125. The summed E-state index contributed by atoms with van der Waals surface area (Å²) in [4.78, 5) is 114. The molecule has 2 saturated heterocycles. The number of H-pyrrole nitrogens is 2. The zero-order valence-electron chi connectivity index (χ0n) is 44.7. The summed E-state index contributed by atoms with van der Waals surface area (Å²) >= 11 is 0. The zero-order chi connectivity index (χ0) is 58.1. The smallest absolute Gasteiger partial charge is 0.390 e. The summed E-state index contributed by atoms with van der Waals surface area (Å²) < 4.78 is 71.7. The molecule has 7 rings (SSSR count). The van der Waals surface area contributed by atoms with E-state index in [-0.39, 0.29) is 101 Å². The number of aryl methyl sites for hydroxylation is 2. The first kappa shape index (κ1) is 62.4. The molecule has 440 valence electrons.